The van der Waals surface area contributed by atoms with Crippen molar-refractivity contribution in [2.75, 3.05) is 6.61 Å². The van der Waals surface area contributed by atoms with Gasteiger partial charge < -0.3 is 4.74 Å². The molecule has 0 amide bonds. The maximum Gasteiger partial charge on any atom is 0.305 e. The van der Waals surface area contributed by atoms with Gasteiger partial charge in [0.05, 0.1) is 6.61 Å². The van der Waals surface area contributed by atoms with Crippen LogP contribution in [0.2, 0.25) is 0 Å². The predicted octanol–water partition coefficient (Wildman–Crippen LogP) is 6.77. The molecular formula is C22H42O3. The zero-order valence-electron chi connectivity index (χ0n) is 17.0. The van der Waals surface area contributed by atoms with E-state index in [2.05, 4.69) is 6.92 Å². The number of carbonyl (C=O) groups is 2. The number of hydrogen-bond donors (Lipinski definition) is 0. The summed E-state index contributed by atoms with van der Waals surface area (Å²) in [5.74, 6) is 0.0450. The Labute approximate surface area is 156 Å². The molecule has 0 rings (SSSR count). The molecule has 0 bridgehead atoms. The van der Waals surface area contributed by atoms with E-state index in [1.807, 2.05) is 6.92 Å². The minimum atomic E-state index is -0.146. The summed E-state index contributed by atoms with van der Waals surface area (Å²) in [5, 5.41) is 0. The lowest BCUT2D eigenvalue weighted by molar-refractivity contribution is -0.144. The average Bonchev–Trinajstić information content (AvgIpc) is 2.59. The number of carbonyl (C=O) groups excluding carboxylic acids is 2. The van der Waals surface area contributed by atoms with Crippen molar-refractivity contribution in [3.63, 3.8) is 0 Å². The van der Waals surface area contributed by atoms with Crippen molar-refractivity contribution in [1.82, 2.24) is 0 Å². The third-order valence-corrected chi connectivity index (χ3v) is 4.66. The van der Waals surface area contributed by atoms with Crippen LogP contribution < -0.4 is 0 Å². The van der Waals surface area contributed by atoms with E-state index in [-0.39, 0.29) is 18.4 Å². The predicted molar refractivity (Wildman–Crippen MR) is 106 cm³/mol. The Morgan fingerprint density at radius 1 is 0.560 bits per heavy atom. The summed E-state index contributed by atoms with van der Waals surface area (Å²) in [6.07, 6.45) is 19.3. The lowest BCUT2D eigenvalue weighted by Gasteiger charge is -2.05. The molecule has 0 aliphatic heterocycles. The highest BCUT2D eigenvalue weighted by Crippen LogP contribution is 2.13. The van der Waals surface area contributed by atoms with Gasteiger partial charge in [0, 0.05) is 19.3 Å². The number of ether oxygens (including phenoxy) is 1. The van der Waals surface area contributed by atoms with Gasteiger partial charge in [0.15, 0.2) is 0 Å². The molecule has 148 valence electrons. The smallest absolute Gasteiger partial charge is 0.305 e. The molecule has 0 aliphatic carbocycles. The summed E-state index contributed by atoms with van der Waals surface area (Å²) in [6, 6.07) is 0. The number of Topliss-reactive ketones (excluding diaryl/α,β-unsaturated/α-hetero) is 1. The highest BCUT2D eigenvalue weighted by Gasteiger charge is 2.05. The zero-order valence-corrected chi connectivity index (χ0v) is 17.0. The van der Waals surface area contributed by atoms with Crippen molar-refractivity contribution in [3.05, 3.63) is 0 Å². The van der Waals surface area contributed by atoms with Gasteiger partial charge in [-0.2, -0.15) is 0 Å². The Hall–Kier alpha value is -0.860. The van der Waals surface area contributed by atoms with Gasteiger partial charge in [-0.05, 0) is 12.8 Å². The molecule has 0 atom stereocenters. The normalized spacial score (nSPS) is 10.8. The Kier molecular flexibility index (Phi) is 18.8. The van der Waals surface area contributed by atoms with Gasteiger partial charge >= 0.3 is 5.97 Å². The fourth-order valence-corrected chi connectivity index (χ4v) is 3.04. The summed E-state index contributed by atoms with van der Waals surface area (Å²) >= 11 is 0. The maximum absolute atomic E-state index is 11.6. The molecule has 0 fully saturated rings. The van der Waals surface area contributed by atoms with E-state index in [0.29, 0.717) is 19.3 Å². The Morgan fingerprint density at radius 2 is 1.04 bits per heavy atom. The fourth-order valence-electron chi connectivity index (χ4n) is 3.04. The molecule has 0 N–H and O–H groups in total. The van der Waals surface area contributed by atoms with E-state index >= 15 is 0 Å². The second kappa shape index (κ2) is 19.5. The van der Waals surface area contributed by atoms with Crippen LogP contribution in [0.5, 0.6) is 0 Å². The Morgan fingerprint density at radius 3 is 1.52 bits per heavy atom. The van der Waals surface area contributed by atoms with E-state index < -0.39 is 0 Å². The van der Waals surface area contributed by atoms with Crippen LogP contribution in [0.4, 0.5) is 0 Å². The van der Waals surface area contributed by atoms with E-state index in [1.165, 1.54) is 70.6 Å². The van der Waals surface area contributed by atoms with E-state index in [9.17, 15) is 9.59 Å². The van der Waals surface area contributed by atoms with Crippen LogP contribution >= 0.6 is 0 Å². The lowest BCUT2D eigenvalue weighted by atomic mass is 10.0. The van der Waals surface area contributed by atoms with E-state index in [4.69, 9.17) is 4.74 Å². The summed E-state index contributed by atoms with van der Waals surface area (Å²) in [7, 11) is 0. The number of esters is 1. The first-order valence-electron chi connectivity index (χ1n) is 10.9. The standard InChI is InChI=1S/C22H42O3/c1-3-5-6-7-8-9-10-11-12-13-14-15-16-18-22(24)25-20-19-21(23)17-4-2/h3-20H2,1-2H3. The summed E-state index contributed by atoms with van der Waals surface area (Å²) in [6.45, 7) is 4.51. The number of rotatable bonds is 19. The SMILES string of the molecule is CCCCCCCCCCCCCCCC(=O)OCCC(=O)CCC. The molecule has 0 aromatic heterocycles. The van der Waals surface area contributed by atoms with Crippen molar-refractivity contribution in [2.45, 2.75) is 123 Å². The lowest BCUT2D eigenvalue weighted by Crippen LogP contribution is -2.09. The van der Waals surface area contributed by atoms with Crippen molar-refractivity contribution in [3.8, 4) is 0 Å². The Balaban J connectivity index is 3.19. The third-order valence-electron chi connectivity index (χ3n) is 4.66. The molecule has 0 aromatic carbocycles. The molecule has 0 heterocycles. The second-order valence-corrected chi connectivity index (χ2v) is 7.25. The van der Waals surface area contributed by atoms with Crippen molar-refractivity contribution in [1.29, 1.82) is 0 Å². The molecule has 3 nitrogen and oxygen atoms in total. The van der Waals surface area contributed by atoms with Gasteiger partial charge in [-0.25, -0.2) is 0 Å². The largest absolute Gasteiger partial charge is 0.465 e. The first-order valence-corrected chi connectivity index (χ1v) is 10.9. The molecule has 0 aromatic rings. The molecule has 0 saturated heterocycles. The fraction of sp³-hybridized carbons (Fsp3) is 0.909. The van der Waals surface area contributed by atoms with E-state index in [0.717, 1.165) is 19.3 Å². The van der Waals surface area contributed by atoms with Gasteiger partial charge in [-0.3, -0.25) is 9.59 Å². The quantitative estimate of drug-likeness (QED) is 0.190. The van der Waals surface area contributed by atoms with Crippen LogP contribution in [0, 0.1) is 0 Å². The van der Waals surface area contributed by atoms with Crippen LogP contribution in [0.25, 0.3) is 0 Å². The number of unbranched alkanes of at least 4 members (excludes halogenated alkanes) is 12. The molecule has 25 heavy (non-hydrogen) atoms. The summed E-state index contributed by atoms with van der Waals surface area (Å²) < 4.78 is 5.11. The molecule has 0 saturated carbocycles. The van der Waals surface area contributed by atoms with Crippen LogP contribution in [-0.4, -0.2) is 18.4 Å². The summed E-state index contributed by atoms with van der Waals surface area (Å²) in [4.78, 5) is 22.9. The summed E-state index contributed by atoms with van der Waals surface area (Å²) in [5.41, 5.74) is 0. The molecule has 0 aliphatic rings. The van der Waals surface area contributed by atoms with Crippen LogP contribution in [0.3, 0.4) is 0 Å². The maximum atomic E-state index is 11.6. The second-order valence-electron chi connectivity index (χ2n) is 7.25. The number of hydrogen-bond acceptors (Lipinski definition) is 3. The van der Waals surface area contributed by atoms with Gasteiger partial charge in [0.1, 0.15) is 5.78 Å². The van der Waals surface area contributed by atoms with Gasteiger partial charge in [0.25, 0.3) is 0 Å². The van der Waals surface area contributed by atoms with Gasteiger partial charge in [-0.1, -0.05) is 90.9 Å². The molecular weight excluding hydrogens is 312 g/mol. The van der Waals surface area contributed by atoms with Crippen LogP contribution in [0.1, 0.15) is 123 Å². The van der Waals surface area contributed by atoms with Gasteiger partial charge in [0.2, 0.25) is 0 Å². The first kappa shape index (κ1) is 24.1. The van der Waals surface area contributed by atoms with Crippen molar-refractivity contribution >= 4 is 11.8 Å². The van der Waals surface area contributed by atoms with Crippen LogP contribution in [-0.2, 0) is 14.3 Å². The highest BCUT2D eigenvalue weighted by molar-refractivity contribution is 5.78. The van der Waals surface area contributed by atoms with Crippen LogP contribution in [0.15, 0.2) is 0 Å². The monoisotopic (exact) mass is 354 g/mol. The average molecular weight is 355 g/mol. The zero-order chi connectivity index (χ0) is 18.6. The number of ketones is 1. The molecule has 0 unspecified atom stereocenters. The Bertz CT molecular complexity index is 312. The third kappa shape index (κ3) is 19.3. The topological polar surface area (TPSA) is 43.4 Å². The minimum Gasteiger partial charge on any atom is -0.465 e. The highest BCUT2D eigenvalue weighted by atomic mass is 16.5. The van der Waals surface area contributed by atoms with Crippen molar-refractivity contribution < 1.29 is 14.3 Å². The molecule has 3 heteroatoms. The minimum absolute atomic E-state index is 0.146. The van der Waals surface area contributed by atoms with E-state index in [1.54, 1.807) is 0 Å². The molecule has 0 radical (unpaired) electrons. The molecule has 0 spiro atoms. The first-order chi connectivity index (χ1) is 12.2. The van der Waals surface area contributed by atoms with Gasteiger partial charge in [-0.15, -0.1) is 0 Å². The van der Waals surface area contributed by atoms with Crippen molar-refractivity contribution in [2.24, 2.45) is 0 Å².